The lowest BCUT2D eigenvalue weighted by Gasteiger charge is -2.11. The van der Waals surface area contributed by atoms with E-state index in [1.807, 2.05) is 31.2 Å². The number of aromatic amines is 1. The molecule has 106 valence electrons. The molecule has 1 atom stereocenters. The number of imidazole rings is 1. The number of carbonyl (C=O) groups is 1. The molecule has 0 spiro atoms. The summed E-state index contributed by atoms with van der Waals surface area (Å²) in [5, 5.41) is 3.49. The fourth-order valence-electron chi connectivity index (χ4n) is 2.07. The molecule has 1 aromatic heterocycles. The normalized spacial score (nSPS) is 12.2. The number of halogens is 1. The van der Waals surface area contributed by atoms with Gasteiger partial charge in [-0.1, -0.05) is 30.7 Å². The van der Waals surface area contributed by atoms with E-state index >= 15 is 0 Å². The summed E-state index contributed by atoms with van der Waals surface area (Å²) in [7, 11) is 0. The molecule has 0 bridgehead atoms. The number of hydrogen-bond donors (Lipinski definition) is 2. The third-order valence-corrected chi connectivity index (χ3v) is 3.24. The number of aryl methyl sites for hydroxylation is 1. The Balaban J connectivity index is 1.83. The van der Waals surface area contributed by atoms with Crippen molar-refractivity contribution in [3.8, 4) is 0 Å². The van der Waals surface area contributed by atoms with Gasteiger partial charge in [-0.05, 0) is 37.0 Å². The standard InChI is InChI=1S/C15H18ClN3O/c1-10(7-12-3-5-13(16)6-4-12)8-14(20)19-15-17-9-11(2)18-15/h3-6,9-10H,7-8H2,1-2H3,(H2,17,18,19,20). The van der Waals surface area contributed by atoms with Crippen LogP contribution in [0.15, 0.2) is 30.5 Å². The third kappa shape index (κ3) is 4.38. The highest BCUT2D eigenvalue weighted by atomic mass is 35.5. The van der Waals surface area contributed by atoms with Crippen LogP contribution < -0.4 is 5.32 Å². The van der Waals surface area contributed by atoms with Gasteiger partial charge in [0.05, 0.1) is 0 Å². The Hall–Kier alpha value is -1.81. The topological polar surface area (TPSA) is 57.8 Å². The zero-order chi connectivity index (χ0) is 14.5. The minimum absolute atomic E-state index is 0.0270. The number of aromatic nitrogens is 2. The molecule has 0 aliphatic heterocycles. The van der Waals surface area contributed by atoms with Crippen LogP contribution in [-0.4, -0.2) is 15.9 Å². The number of rotatable bonds is 5. The van der Waals surface area contributed by atoms with Crippen molar-refractivity contribution in [1.82, 2.24) is 9.97 Å². The van der Waals surface area contributed by atoms with E-state index in [1.165, 1.54) is 5.56 Å². The van der Waals surface area contributed by atoms with Crippen molar-refractivity contribution in [3.63, 3.8) is 0 Å². The summed E-state index contributed by atoms with van der Waals surface area (Å²) in [6.45, 7) is 3.95. The zero-order valence-corrected chi connectivity index (χ0v) is 12.4. The molecule has 0 aliphatic carbocycles. The van der Waals surface area contributed by atoms with Gasteiger partial charge in [-0.3, -0.25) is 10.1 Å². The second-order valence-corrected chi connectivity index (χ2v) is 5.54. The predicted molar refractivity (Wildman–Crippen MR) is 80.9 cm³/mol. The van der Waals surface area contributed by atoms with E-state index in [0.717, 1.165) is 17.1 Å². The van der Waals surface area contributed by atoms with Crippen LogP contribution in [-0.2, 0) is 11.2 Å². The number of carbonyl (C=O) groups excluding carboxylic acids is 1. The molecule has 20 heavy (non-hydrogen) atoms. The van der Waals surface area contributed by atoms with Crippen LogP contribution in [0.5, 0.6) is 0 Å². The van der Waals surface area contributed by atoms with Crippen LogP contribution in [0.3, 0.4) is 0 Å². The van der Waals surface area contributed by atoms with E-state index in [-0.39, 0.29) is 11.8 Å². The molecule has 1 unspecified atom stereocenters. The Bertz CT molecular complexity index is 577. The Morgan fingerprint density at radius 2 is 2.10 bits per heavy atom. The number of nitrogens with zero attached hydrogens (tertiary/aromatic N) is 1. The molecule has 0 aliphatic rings. The largest absolute Gasteiger partial charge is 0.328 e. The summed E-state index contributed by atoms with van der Waals surface area (Å²) < 4.78 is 0. The molecule has 1 amide bonds. The summed E-state index contributed by atoms with van der Waals surface area (Å²) in [5.74, 6) is 0.735. The second kappa shape index (κ2) is 6.57. The molecule has 2 rings (SSSR count). The van der Waals surface area contributed by atoms with Crippen LogP contribution in [0.4, 0.5) is 5.95 Å². The maximum atomic E-state index is 11.9. The minimum atomic E-state index is -0.0270. The zero-order valence-electron chi connectivity index (χ0n) is 11.6. The third-order valence-electron chi connectivity index (χ3n) is 2.99. The van der Waals surface area contributed by atoms with E-state index in [2.05, 4.69) is 22.2 Å². The number of H-pyrrole nitrogens is 1. The van der Waals surface area contributed by atoms with E-state index < -0.39 is 0 Å². The number of hydrogen-bond acceptors (Lipinski definition) is 2. The summed E-state index contributed by atoms with van der Waals surface area (Å²) in [6, 6.07) is 7.73. The van der Waals surface area contributed by atoms with Crippen molar-refractivity contribution in [2.45, 2.75) is 26.7 Å². The first-order valence-electron chi connectivity index (χ1n) is 6.59. The number of anilines is 1. The summed E-state index contributed by atoms with van der Waals surface area (Å²) in [6.07, 6.45) is 3.00. The molecule has 0 saturated heterocycles. The second-order valence-electron chi connectivity index (χ2n) is 5.10. The van der Waals surface area contributed by atoms with Gasteiger partial charge in [0.2, 0.25) is 11.9 Å². The van der Waals surface area contributed by atoms with E-state index in [4.69, 9.17) is 11.6 Å². The summed E-state index contributed by atoms with van der Waals surface area (Å²) in [4.78, 5) is 18.9. The number of amides is 1. The molecule has 1 aromatic carbocycles. The van der Waals surface area contributed by atoms with Gasteiger partial charge in [0.25, 0.3) is 0 Å². The fraction of sp³-hybridized carbons (Fsp3) is 0.333. The first-order valence-corrected chi connectivity index (χ1v) is 6.96. The Kier molecular flexibility index (Phi) is 4.79. The monoisotopic (exact) mass is 291 g/mol. The first-order chi connectivity index (χ1) is 9.52. The quantitative estimate of drug-likeness (QED) is 0.884. The van der Waals surface area contributed by atoms with Gasteiger partial charge in [0.15, 0.2) is 0 Å². The molecule has 0 radical (unpaired) electrons. The van der Waals surface area contributed by atoms with Gasteiger partial charge >= 0.3 is 0 Å². The van der Waals surface area contributed by atoms with Crippen molar-refractivity contribution in [3.05, 3.63) is 46.7 Å². The highest BCUT2D eigenvalue weighted by Gasteiger charge is 2.11. The summed E-state index contributed by atoms with van der Waals surface area (Å²) in [5.41, 5.74) is 2.11. The van der Waals surface area contributed by atoms with Gasteiger partial charge in [0, 0.05) is 23.3 Å². The van der Waals surface area contributed by atoms with E-state index in [1.54, 1.807) is 6.20 Å². The Labute approximate surface area is 123 Å². The van der Waals surface area contributed by atoms with E-state index in [9.17, 15) is 4.79 Å². The van der Waals surface area contributed by atoms with Crippen LogP contribution in [0, 0.1) is 12.8 Å². The average Bonchev–Trinajstić information content (AvgIpc) is 2.77. The lowest BCUT2D eigenvalue weighted by molar-refractivity contribution is -0.117. The van der Waals surface area contributed by atoms with Crippen LogP contribution >= 0.6 is 11.6 Å². The molecule has 5 heteroatoms. The molecule has 2 N–H and O–H groups in total. The molecule has 0 fully saturated rings. The van der Waals surface area contributed by atoms with Crippen LogP contribution in [0.25, 0.3) is 0 Å². The van der Waals surface area contributed by atoms with Crippen molar-refractivity contribution < 1.29 is 4.79 Å². The van der Waals surface area contributed by atoms with Gasteiger partial charge in [0.1, 0.15) is 0 Å². The molecule has 1 heterocycles. The lowest BCUT2D eigenvalue weighted by atomic mass is 9.98. The maximum absolute atomic E-state index is 11.9. The SMILES string of the molecule is Cc1cnc(NC(=O)CC(C)Cc2ccc(Cl)cc2)[nH]1. The van der Waals surface area contributed by atoms with Gasteiger partial charge in [-0.25, -0.2) is 4.98 Å². The fourth-order valence-corrected chi connectivity index (χ4v) is 2.20. The predicted octanol–water partition coefficient (Wildman–Crippen LogP) is 3.58. The Morgan fingerprint density at radius 3 is 2.70 bits per heavy atom. The number of benzene rings is 1. The summed E-state index contributed by atoms with van der Waals surface area (Å²) >= 11 is 5.85. The average molecular weight is 292 g/mol. The molecule has 2 aromatic rings. The van der Waals surface area contributed by atoms with Crippen molar-refractivity contribution in [2.24, 2.45) is 5.92 Å². The van der Waals surface area contributed by atoms with Crippen molar-refractivity contribution in [1.29, 1.82) is 0 Å². The van der Waals surface area contributed by atoms with Crippen molar-refractivity contribution in [2.75, 3.05) is 5.32 Å². The molecular formula is C15H18ClN3O. The van der Waals surface area contributed by atoms with Gasteiger partial charge < -0.3 is 4.98 Å². The molecular weight excluding hydrogens is 274 g/mol. The smallest absolute Gasteiger partial charge is 0.226 e. The van der Waals surface area contributed by atoms with Gasteiger partial charge in [-0.2, -0.15) is 0 Å². The maximum Gasteiger partial charge on any atom is 0.226 e. The highest BCUT2D eigenvalue weighted by molar-refractivity contribution is 6.30. The first kappa shape index (κ1) is 14.6. The van der Waals surface area contributed by atoms with Crippen LogP contribution in [0.1, 0.15) is 24.6 Å². The highest BCUT2D eigenvalue weighted by Crippen LogP contribution is 2.15. The Morgan fingerprint density at radius 1 is 1.40 bits per heavy atom. The van der Waals surface area contributed by atoms with E-state index in [0.29, 0.717) is 12.4 Å². The minimum Gasteiger partial charge on any atom is -0.328 e. The lowest BCUT2D eigenvalue weighted by Crippen LogP contribution is -2.17. The van der Waals surface area contributed by atoms with Crippen LogP contribution in [0.2, 0.25) is 5.02 Å². The van der Waals surface area contributed by atoms with Gasteiger partial charge in [-0.15, -0.1) is 0 Å². The molecule has 4 nitrogen and oxygen atoms in total. The number of nitrogens with one attached hydrogen (secondary N) is 2. The molecule has 0 saturated carbocycles. The van der Waals surface area contributed by atoms with Crippen molar-refractivity contribution >= 4 is 23.5 Å².